The topological polar surface area (TPSA) is 12.5 Å². The zero-order valence-electron chi connectivity index (χ0n) is 12.5. The van der Waals surface area contributed by atoms with Crippen molar-refractivity contribution in [1.29, 1.82) is 0 Å². The van der Waals surface area contributed by atoms with Crippen LogP contribution in [0.25, 0.3) is 0 Å². The van der Waals surface area contributed by atoms with Crippen molar-refractivity contribution in [2.24, 2.45) is 11.3 Å². The standard InChI is InChI=1S/C15H28FNO/c1-11(2)18-10-15-6-12(14(3,4)5)8-17(15)9-13(16)7-15/h11-13H,6-10H2,1-5H3/t12?,13-,15?/m1/s1. The van der Waals surface area contributed by atoms with Crippen LogP contribution in [0.4, 0.5) is 4.39 Å². The molecule has 0 spiro atoms. The van der Waals surface area contributed by atoms with Gasteiger partial charge in [0.15, 0.2) is 0 Å². The molecule has 2 unspecified atom stereocenters. The maximum Gasteiger partial charge on any atom is 0.115 e. The van der Waals surface area contributed by atoms with Gasteiger partial charge in [0.05, 0.1) is 12.7 Å². The van der Waals surface area contributed by atoms with Gasteiger partial charge >= 0.3 is 0 Å². The number of ether oxygens (including phenoxy) is 1. The van der Waals surface area contributed by atoms with Crippen molar-refractivity contribution >= 4 is 0 Å². The molecular formula is C15H28FNO. The van der Waals surface area contributed by atoms with E-state index in [0.717, 1.165) is 13.0 Å². The number of nitrogens with zero attached hydrogens (tertiary/aromatic N) is 1. The molecule has 0 aromatic heterocycles. The fourth-order valence-electron chi connectivity index (χ4n) is 3.42. The molecule has 2 heterocycles. The normalized spacial score (nSPS) is 37.5. The highest BCUT2D eigenvalue weighted by Gasteiger charge is 2.54. The SMILES string of the molecule is CC(C)OCC12CC(C(C)(C)C)CN1C[C@H](F)C2. The van der Waals surface area contributed by atoms with Gasteiger partial charge in [-0.15, -0.1) is 0 Å². The van der Waals surface area contributed by atoms with Crippen LogP contribution in [0.2, 0.25) is 0 Å². The van der Waals surface area contributed by atoms with Crippen LogP contribution in [-0.2, 0) is 4.74 Å². The summed E-state index contributed by atoms with van der Waals surface area (Å²) in [5.74, 6) is 0.653. The molecule has 0 amide bonds. The molecule has 2 nitrogen and oxygen atoms in total. The Balaban J connectivity index is 2.09. The Hall–Kier alpha value is -0.150. The van der Waals surface area contributed by atoms with E-state index in [9.17, 15) is 4.39 Å². The summed E-state index contributed by atoms with van der Waals surface area (Å²) in [6.45, 7) is 13.3. The Bertz CT molecular complexity index is 299. The maximum atomic E-state index is 13.7. The molecule has 2 rings (SSSR count). The first-order valence-corrected chi connectivity index (χ1v) is 7.24. The zero-order valence-corrected chi connectivity index (χ0v) is 12.5. The van der Waals surface area contributed by atoms with Gasteiger partial charge in [0.2, 0.25) is 0 Å². The quantitative estimate of drug-likeness (QED) is 0.769. The second kappa shape index (κ2) is 4.75. The second-order valence-corrected chi connectivity index (χ2v) is 7.56. The Morgan fingerprint density at radius 1 is 1.28 bits per heavy atom. The van der Waals surface area contributed by atoms with Gasteiger partial charge in [-0.05, 0) is 31.6 Å². The van der Waals surface area contributed by atoms with Crippen molar-refractivity contribution in [3.8, 4) is 0 Å². The fourth-order valence-corrected chi connectivity index (χ4v) is 3.42. The van der Waals surface area contributed by atoms with Gasteiger partial charge in [-0.1, -0.05) is 20.8 Å². The highest BCUT2D eigenvalue weighted by atomic mass is 19.1. The lowest BCUT2D eigenvalue weighted by Crippen LogP contribution is -2.43. The van der Waals surface area contributed by atoms with E-state index >= 15 is 0 Å². The number of hydrogen-bond acceptors (Lipinski definition) is 2. The molecule has 2 aliphatic heterocycles. The van der Waals surface area contributed by atoms with Crippen LogP contribution < -0.4 is 0 Å². The molecule has 106 valence electrons. The van der Waals surface area contributed by atoms with Gasteiger partial charge in [0.25, 0.3) is 0 Å². The maximum absolute atomic E-state index is 13.7. The summed E-state index contributed by atoms with van der Waals surface area (Å²) in [4.78, 5) is 2.36. The van der Waals surface area contributed by atoms with Crippen LogP contribution in [0.5, 0.6) is 0 Å². The number of alkyl halides is 1. The van der Waals surface area contributed by atoms with Gasteiger partial charge in [-0.3, -0.25) is 4.90 Å². The molecule has 3 heteroatoms. The van der Waals surface area contributed by atoms with Crippen molar-refractivity contribution in [2.75, 3.05) is 19.7 Å². The van der Waals surface area contributed by atoms with E-state index in [1.54, 1.807) is 0 Å². The summed E-state index contributed by atoms with van der Waals surface area (Å²) >= 11 is 0. The number of rotatable bonds is 3. The molecule has 3 atom stereocenters. The van der Waals surface area contributed by atoms with Crippen LogP contribution in [-0.4, -0.2) is 42.4 Å². The Morgan fingerprint density at radius 3 is 2.50 bits per heavy atom. The summed E-state index contributed by atoms with van der Waals surface area (Å²) < 4.78 is 19.6. The van der Waals surface area contributed by atoms with E-state index in [1.165, 1.54) is 0 Å². The molecular weight excluding hydrogens is 229 g/mol. The minimum absolute atomic E-state index is 0.0262. The number of fused-ring (bicyclic) bond motifs is 1. The first kappa shape index (κ1) is 14.3. The summed E-state index contributed by atoms with van der Waals surface area (Å²) in [7, 11) is 0. The molecule has 0 aromatic rings. The third-order valence-corrected chi connectivity index (χ3v) is 4.67. The first-order valence-electron chi connectivity index (χ1n) is 7.24. The molecule has 0 bridgehead atoms. The minimum Gasteiger partial charge on any atom is -0.377 e. The average molecular weight is 257 g/mol. The van der Waals surface area contributed by atoms with E-state index in [0.29, 0.717) is 30.9 Å². The van der Waals surface area contributed by atoms with E-state index in [2.05, 4.69) is 39.5 Å². The smallest absolute Gasteiger partial charge is 0.115 e. The predicted octanol–water partition coefficient (Wildman–Crippen LogP) is 3.26. The molecule has 2 fully saturated rings. The summed E-state index contributed by atoms with van der Waals surface area (Å²) in [6.07, 6.45) is 1.31. The van der Waals surface area contributed by atoms with Crippen LogP contribution in [0.1, 0.15) is 47.5 Å². The molecule has 0 saturated carbocycles. The second-order valence-electron chi connectivity index (χ2n) is 7.56. The molecule has 0 aliphatic carbocycles. The van der Waals surface area contributed by atoms with E-state index in [4.69, 9.17) is 4.74 Å². The monoisotopic (exact) mass is 257 g/mol. The summed E-state index contributed by atoms with van der Waals surface area (Å²) in [6, 6.07) is 0. The van der Waals surface area contributed by atoms with E-state index in [-0.39, 0.29) is 11.6 Å². The molecule has 2 aliphatic rings. The average Bonchev–Trinajstić information content (AvgIpc) is 2.66. The fraction of sp³-hybridized carbons (Fsp3) is 1.00. The van der Waals surface area contributed by atoms with Crippen molar-refractivity contribution < 1.29 is 9.13 Å². The van der Waals surface area contributed by atoms with E-state index < -0.39 is 6.17 Å². The summed E-state index contributed by atoms with van der Waals surface area (Å²) in [5.41, 5.74) is 0.280. The molecule has 0 radical (unpaired) electrons. The van der Waals surface area contributed by atoms with Crippen molar-refractivity contribution in [1.82, 2.24) is 4.90 Å². The molecule has 0 N–H and O–H groups in total. The Labute approximate surface area is 111 Å². The van der Waals surface area contributed by atoms with Gasteiger partial charge in [0.1, 0.15) is 6.17 Å². The third-order valence-electron chi connectivity index (χ3n) is 4.67. The van der Waals surface area contributed by atoms with Crippen LogP contribution in [0.3, 0.4) is 0 Å². The van der Waals surface area contributed by atoms with Gasteiger partial charge < -0.3 is 4.74 Å². The van der Waals surface area contributed by atoms with Crippen molar-refractivity contribution in [2.45, 2.75) is 65.3 Å². The van der Waals surface area contributed by atoms with Crippen LogP contribution >= 0.6 is 0 Å². The predicted molar refractivity (Wildman–Crippen MR) is 72.5 cm³/mol. The molecule has 0 aromatic carbocycles. The highest BCUT2D eigenvalue weighted by molar-refractivity contribution is 5.08. The largest absolute Gasteiger partial charge is 0.377 e. The molecule has 18 heavy (non-hydrogen) atoms. The van der Waals surface area contributed by atoms with Gasteiger partial charge in [-0.2, -0.15) is 0 Å². The van der Waals surface area contributed by atoms with Crippen LogP contribution in [0.15, 0.2) is 0 Å². The zero-order chi connectivity index (χ0) is 13.6. The van der Waals surface area contributed by atoms with Crippen molar-refractivity contribution in [3.63, 3.8) is 0 Å². The third kappa shape index (κ3) is 2.72. The lowest BCUT2D eigenvalue weighted by molar-refractivity contribution is 0.00211. The van der Waals surface area contributed by atoms with Gasteiger partial charge in [0, 0.05) is 25.0 Å². The molecule has 2 saturated heterocycles. The lowest BCUT2D eigenvalue weighted by atomic mass is 9.76. The minimum atomic E-state index is -0.665. The van der Waals surface area contributed by atoms with Gasteiger partial charge in [-0.25, -0.2) is 4.39 Å². The summed E-state index contributed by atoms with van der Waals surface area (Å²) in [5, 5.41) is 0. The van der Waals surface area contributed by atoms with E-state index in [1.807, 2.05) is 0 Å². The van der Waals surface area contributed by atoms with Crippen LogP contribution in [0, 0.1) is 11.3 Å². The Morgan fingerprint density at radius 2 is 1.94 bits per heavy atom. The first-order chi connectivity index (χ1) is 8.23. The lowest BCUT2D eigenvalue weighted by Gasteiger charge is -2.32. The Kier molecular flexibility index (Phi) is 3.76. The highest BCUT2D eigenvalue weighted by Crippen LogP contribution is 2.48. The number of halogens is 1. The number of hydrogen-bond donors (Lipinski definition) is 0. The van der Waals surface area contributed by atoms with Crippen molar-refractivity contribution in [3.05, 3.63) is 0 Å².